The summed E-state index contributed by atoms with van der Waals surface area (Å²) >= 11 is 18.3. The van der Waals surface area contributed by atoms with E-state index in [9.17, 15) is 18.0 Å². The third kappa shape index (κ3) is 7.50. The minimum absolute atomic E-state index is 0.0147. The number of carbonyl (C=O) groups excluding carboxylic acids is 2. The van der Waals surface area contributed by atoms with Gasteiger partial charge in [0.25, 0.3) is 0 Å². The Bertz CT molecular complexity index is 1110. The Hall–Kier alpha value is -2.00. The van der Waals surface area contributed by atoms with Gasteiger partial charge in [-0.1, -0.05) is 65.1 Å². The molecule has 0 saturated heterocycles. The molecule has 0 unspecified atom stereocenters. The highest BCUT2D eigenvalue weighted by Gasteiger charge is 2.31. The van der Waals surface area contributed by atoms with E-state index in [1.165, 1.54) is 17.0 Å². The first-order chi connectivity index (χ1) is 15.3. The summed E-state index contributed by atoms with van der Waals surface area (Å²) in [5.41, 5.74) is 0.800. The molecule has 11 heteroatoms. The lowest BCUT2D eigenvalue weighted by atomic mass is 10.1. The van der Waals surface area contributed by atoms with Crippen LogP contribution >= 0.6 is 34.8 Å². The van der Waals surface area contributed by atoms with Crippen LogP contribution in [0.4, 0.5) is 5.69 Å². The summed E-state index contributed by atoms with van der Waals surface area (Å²) in [6, 6.07) is 10.7. The van der Waals surface area contributed by atoms with Crippen LogP contribution in [0.3, 0.4) is 0 Å². The zero-order valence-electron chi connectivity index (χ0n) is 18.7. The van der Waals surface area contributed by atoms with Crippen molar-refractivity contribution in [2.24, 2.45) is 0 Å². The first kappa shape index (κ1) is 27.2. The summed E-state index contributed by atoms with van der Waals surface area (Å²) in [5, 5.41) is 3.03. The van der Waals surface area contributed by atoms with Gasteiger partial charge in [0, 0.05) is 12.6 Å². The Morgan fingerprint density at radius 1 is 0.970 bits per heavy atom. The summed E-state index contributed by atoms with van der Waals surface area (Å²) in [7, 11) is -3.94. The molecule has 2 aromatic rings. The molecule has 0 aliphatic carbocycles. The van der Waals surface area contributed by atoms with Gasteiger partial charge in [-0.25, -0.2) is 8.42 Å². The van der Waals surface area contributed by atoms with Gasteiger partial charge in [-0.05, 0) is 38.5 Å². The molecule has 33 heavy (non-hydrogen) atoms. The van der Waals surface area contributed by atoms with Crippen LogP contribution in [0, 0.1) is 0 Å². The predicted molar refractivity (Wildman–Crippen MR) is 133 cm³/mol. The van der Waals surface area contributed by atoms with E-state index in [1.807, 2.05) is 44.2 Å². The third-order valence-electron chi connectivity index (χ3n) is 4.73. The van der Waals surface area contributed by atoms with E-state index >= 15 is 0 Å². The number of nitrogens with zero attached hydrogens (tertiary/aromatic N) is 2. The van der Waals surface area contributed by atoms with Crippen molar-refractivity contribution in [3.63, 3.8) is 0 Å². The van der Waals surface area contributed by atoms with Crippen LogP contribution in [0.25, 0.3) is 0 Å². The molecule has 1 atom stereocenters. The Labute approximate surface area is 209 Å². The van der Waals surface area contributed by atoms with Gasteiger partial charge in [-0.2, -0.15) is 0 Å². The van der Waals surface area contributed by atoms with Crippen molar-refractivity contribution < 1.29 is 18.0 Å². The van der Waals surface area contributed by atoms with Crippen molar-refractivity contribution in [1.82, 2.24) is 10.2 Å². The van der Waals surface area contributed by atoms with Gasteiger partial charge < -0.3 is 10.2 Å². The molecule has 0 aliphatic heterocycles. The second kappa shape index (κ2) is 11.4. The highest BCUT2D eigenvalue weighted by atomic mass is 35.5. The fourth-order valence-corrected chi connectivity index (χ4v) is 4.61. The number of halogens is 3. The summed E-state index contributed by atoms with van der Waals surface area (Å²) in [6.45, 7) is 4.74. The van der Waals surface area contributed by atoms with Gasteiger partial charge in [-0.15, -0.1) is 0 Å². The molecule has 0 bridgehead atoms. The number of carbonyl (C=O) groups is 2. The largest absolute Gasteiger partial charge is 0.352 e. The summed E-state index contributed by atoms with van der Waals surface area (Å²) in [5.74, 6) is -0.939. The standard InChI is InChI=1S/C22H26Cl3N3O4S/c1-14(2)26-22(30)15(3)27(12-16-8-6-5-7-9-16)21(29)13-28(33(4,31)32)20-11-18(24)17(23)10-19(20)25/h5-11,14-15H,12-13H2,1-4H3,(H,26,30)/t15-/m0/s1. The highest BCUT2D eigenvalue weighted by molar-refractivity contribution is 7.92. The van der Waals surface area contributed by atoms with E-state index in [0.29, 0.717) is 0 Å². The minimum atomic E-state index is -3.94. The topological polar surface area (TPSA) is 86.8 Å². The van der Waals surface area contributed by atoms with Crippen LogP contribution in [-0.4, -0.2) is 50.0 Å². The van der Waals surface area contributed by atoms with Gasteiger partial charge in [-0.3, -0.25) is 13.9 Å². The van der Waals surface area contributed by atoms with Crippen LogP contribution < -0.4 is 9.62 Å². The number of anilines is 1. The van der Waals surface area contributed by atoms with Gasteiger partial charge >= 0.3 is 0 Å². The van der Waals surface area contributed by atoms with Gasteiger partial charge in [0.1, 0.15) is 12.6 Å². The van der Waals surface area contributed by atoms with Crippen LogP contribution in [0.2, 0.25) is 15.1 Å². The fourth-order valence-electron chi connectivity index (χ4n) is 3.07. The van der Waals surface area contributed by atoms with Crippen molar-refractivity contribution in [2.75, 3.05) is 17.1 Å². The van der Waals surface area contributed by atoms with E-state index in [0.717, 1.165) is 16.1 Å². The normalized spacial score (nSPS) is 12.4. The highest BCUT2D eigenvalue weighted by Crippen LogP contribution is 2.35. The van der Waals surface area contributed by atoms with Crippen LogP contribution in [0.1, 0.15) is 26.3 Å². The Balaban J connectivity index is 2.44. The van der Waals surface area contributed by atoms with Gasteiger partial charge in [0.15, 0.2) is 0 Å². The molecule has 0 heterocycles. The maximum atomic E-state index is 13.4. The summed E-state index contributed by atoms with van der Waals surface area (Å²) in [4.78, 5) is 27.4. The van der Waals surface area contributed by atoms with Crippen molar-refractivity contribution >= 4 is 62.3 Å². The average molecular weight is 535 g/mol. The average Bonchev–Trinajstić information content (AvgIpc) is 2.72. The number of nitrogens with one attached hydrogen (secondary N) is 1. The fraction of sp³-hybridized carbons (Fsp3) is 0.364. The third-order valence-corrected chi connectivity index (χ3v) is 6.88. The number of hydrogen-bond donors (Lipinski definition) is 1. The molecule has 180 valence electrons. The molecular weight excluding hydrogens is 509 g/mol. The lowest BCUT2D eigenvalue weighted by Crippen LogP contribution is -2.52. The Kier molecular flexibility index (Phi) is 9.43. The smallest absolute Gasteiger partial charge is 0.244 e. The zero-order valence-corrected chi connectivity index (χ0v) is 21.8. The Morgan fingerprint density at radius 3 is 2.09 bits per heavy atom. The maximum Gasteiger partial charge on any atom is 0.244 e. The number of sulfonamides is 1. The maximum absolute atomic E-state index is 13.4. The quantitative estimate of drug-likeness (QED) is 0.485. The van der Waals surface area contributed by atoms with E-state index in [1.54, 1.807) is 6.92 Å². The molecule has 2 amide bonds. The van der Waals surface area contributed by atoms with Gasteiger partial charge in [0.05, 0.1) is 27.0 Å². The molecule has 0 aromatic heterocycles. The van der Waals surface area contributed by atoms with Crippen molar-refractivity contribution in [3.05, 3.63) is 63.1 Å². The molecule has 0 saturated carbocycles. The van der Waals surface area contributed by atoms with E-state index in [4.69, 9.17) is 34.8 Å². The lowest BCUT2D eigenvalue weighted by Gasteiger charge is -2.32. The minimum Gasteiger partial charge on any atom is -0.352 e. The number of hydrogen-bond acceptors (Lipinski definition) is 4. The van der Waals surface area contributed by atoms with Crippen LogP contribution in [-0.2, 0) is 26.2 Å². The Morgan fingerprint density at radius 2 is 1.55 bits per heavy atom. The van der Waals surface area contributed by atoms with Crippen LogP contribution in [0.5, 0.6) is 0 Å². The zero-order chi connectivity index (χ0) is 24.9. The number of rotatable bonds is 9. The molecule has 0 spiro atoms. The number of amides is 2. The monoisotopic (exact) mass is 533 g/mol. The molecule has 2 aromatic carbocycles. The van der Waals surface area contributed by atoms with Crippen LogP contribution in [0.15, 0.2) is 42.5 Å². The van der Waals surface area contributed by atoms with Crippen molar-refractivity contribution in [1.29, 1.82) is 0 Å². The molecule has 0 radical (unpaired) electrons. The molecular formula is C22H26Cl3N3O4S. The van der Waals surface area contributed by atoms with Crippen molar-refractivity contribution in [2.45, 2.75) is 39.4 Å². The summed E-state index contributed by atoms with van der Waals surface area (Å²) in [6.07, 6.45) is 0.954. The molecule has 0 fully saturated rings. The number of benzene rings is 2. The van der Waals surface area contributed by atoms with Crippen molar-refractivity contribution in [3.8, 4) is 0 Å². The molecule has 1 N–H and O–H groups in total. The van der Waals surface area contributed by atoms with E-state index in [2.05, 4.69) is 5.32 Å². The molecule has 2 rings (SSSR count). The predicted octanol–water partition coefficient (Wildman–Crippen LogP) is 4.35. The van der Waals surface area contributed by atoms with E-state index in [-0.39, 0.29) is 39.2 Å². The van der Waals surface area contributed by atoms with E-state index < -0.39 is 28.5 Å². The second-order valence-electron chi connectivity index (χ2n) is 7.83. The molecule has 0 aliphatic rings. The lowest BCUT2D eigenvalue weighted by molar-refractivity contribution is -0.139. The molecule has 7 nitrogen and oxygen atoms in total. The second-order valence-corrected chi connectivity index (χ2v) is 11.0. The first-order valence-corrected chi connectivity index (χ1v) is 13.1. The first-order valence-electron chi connectivity index (χ1n) is 10.1. The summed E-state index contributed by atoms with van der Waals surface area (Å²) < 4.78 is 26.0. The SMILES string of the molecule is CC(C)NC(=O)[C@H](C)N(Cc1ccccc1)C(=O)CN(c1cc(Cl)c(Cl)cc1Cl)S(C)(=O)=O. The van der Waals surface area contributed by atoms with Gasteiger partial charge in [0.2, 0.25) is 21.8 Å².